The number of nitrogens with zero attached hydrogens (tertiary/aromatic N) is 1. The van der Waals surface area contributed by atoms with Crippen molar-refractivity contribution in [1.82, 2.24) is 4.90 Å². The van der Waals surface area contributed by atoms with Crippen LogP contribution in [0.3, 0.4) is 0 Å². The third-order valence-electron chi connectivity index (χ3n) is 6.22. The van der Waals surface area contributed by atoms with E-state index < -0.39 is 5.97 Å². The van der Waals surface area contributed by atoms with Crippen molar-refractivity contribution >= 4 is 12.0 Å². The number of benzene rings is 2. The predicted octanol–water partition coefficient (Wildman–Crippen LogP) is 3.86. The van der Waals surface area contributed by atoms with Gasteiger partial charge in [0, 0.05) is 30.3 Å². The molecule has 2 aliphatic rings. The van der Waals surface area contributed by atoms with Crippen LogP contribution in [0.25, 0.3) is 6.08 Å². The Kier molecular flexibility index (Phi) is 5.43. The summed E-state index contributed by atoms with van der Waals surface area (Å²) in [6, 6.07) is 8.50. The van der Waals surface area contributed by atoms with Crippen LogP contribution in [0.1, 0.15) is 40.8 Å². The van der Waals surface area contributed by atoms with E-state index in [-0.39, 0.29) is 6.04 Å². The van der Waals surface area contributed by atoms with Gasteiger partial charge in [-0.15, -0.1) is 0 Å². The van der Waals surface area contributed by atoms with Crippen molar-refractivity contribution in [3.63, 3.8) is 0 Å². The van der Waals surface area contributed by atoms with E-state index in [0.29, 0.717) is 11.3 Å². The number of rotatable bonds is 5. The van der Waals surface area contributed by atoms with Crippen LogP contribution in [0, 0.1) is 0 Å². The van der Waals surface area contributed by atoms with Gasteiger partial charge in [0.25, 0.3) is 0 Å². The minimum atomic E-state index is -0.920. The maximum atomic E-state index is 11.4. The van der Waals surface area contributed by atoms with Gasteiger partial charge in [-0.3, -0.25) is 4.90 Å². The van der Waals surface area contributed by atoms with Gasteiger partial charge in [0.15, 0.2) is 11.5 Å². The molecule has 0 fully saturated rings. The van der Waals surface area contributed by atoms with Crippen molar-refractivity contribution in [1.29, 1.82) is 0 Å². The van der Waals surface area contributed by atoms with Gasteiger partial charge in [-0.2, -0.15) is 0 Å². The molecule has 0 radical (unpaired) electrons. The Morgan fingerprint density at radius 2 is 1.77 bits per heavy atom. The molecule has 2 aliphatic heterocycles. The molecule has 0 aliphatic carbocycles. The first-order valence-corrected chi connectivity index (χ1v) is 10.1. The number of carboxylic acids is 1. The summed E-state index contributed by atoms with van der Waals surface area (Å²) in [5.74, 6) is 1.30. The third kappa shape index (κ3) is 3.41. The minimum Gasteiger partial charge on any atom is -0.496 e. The highest BCUT2D eigenvalue weighted by atomic mass is 16.5. The fourth-order valence-corrected chi connectivity index (χ4v) is 4.60. The molecular weight excluding hydrogens is 382 g/mol. The zero-order valence-corrected chi connectivity index (χ0v) is 17.8. The molecule has 0 saturated carbocycles. The second-order valence-corrected chi connectivity index (χ2v) is 7.80. The van der Waals surface area contributed by atoms with Crippen molar-refractivity contribution in [2.75, 3.05) is 27.9 Å². The molecule has 2 heterocycles. The van der Waals surface area contributed by atoms with Crippen LogP contribution in [0.2, 0.25) is 0 Å². The molecule has 0 aromatic heterocycles. The molecule has 1 N–H and O–H groups in total. The molecule has 2 aromatic rings. The highest BCUT2D eigenvalue weighted by Crippen LogP contribution is 2.44. The van der Waals surface area contributed by atoms with E-state index in [1.165, 1.54) is 16.7 Å². The maximum Gasteiger partial charge on any atom is 0.331 e. The Bertz CT molecular complexity index is 1030. The highest BCUT2D eigenvalue weighted by Gasteiger charge is 2.34. The lowest BCUT2D eigenvalue weighted by Crippen LogP contribution is -2.39. The Labute approximate surface area is 176 Å². The summed E-state index contributed by atoms with van der Waals surface area (Å²) >= 11 is 0. The van der Waals surface area contributed by atoms with Gasteiger partial charge in [-0.1, -0.05) is 6.07 Å². The number of hydrogen-bond acceptors (Lipinski definition) is 5. The molecule has 0 bridgehead atoms. The fourth-order valence-electron chi connectivity index (χ4n) is 4.60. The van der Waals surface area contributed by atoms with Crippen molar-refractivity contribution in [2.45, 2.75) is 32.4 Å². The van der Waals surface area contributed by atoms with E-state index in [1.54, 1.807) is 34.3 Å². The molecule has 6 heteroatoms. The second kappa shape index (κ2) is 8.03. The average molecular weight is 409 g/mol. The zero-order valence-electron chi connectivity index (χ0n) is 17.8. The van der Waals surface area contributed by atoms with Gasteiger partial charge in [0.2, 0.25) is 0 Å². The Morgan fingerprint density at radius 3 is 2.43 bits per heavy atom. The molecule has 0 amide bonds. The number of carbonyl (C=O) groups is 1. The van der Waals surface area contributed by atoms with Crippen LogP contribution in [0.15, 0.2) is 29.8 Å². The SMILES string of the molecule is COc1cc2c(cc1OC)C1Cc3ccc(OC)c(C=C(C)C(=O)O)c3CN1CC2. The van der Waals surface area contributed by atoms with Crippen LogP contribution in [0.4, 0.5) is 0 Å². The Balaban J connectivity index is 1.78. The largest absolute Gasteiger partial charge is 0.496 e. The lowest BCUT2D eigenvalue weighted by Gasteiger charge is -2.42. The van der Waals surface area contributed by atoms with Crippen LogP contribution in [0.5, 0.6) is 17.2 Å². The molecule has 0 saturated heterocycles. The summed E-state index contributed by atoms with van der Waals surface area (Å²) in [5, 5.41) is 9.36. The summed E-state index contributed by atoms with van der Waals surface area (Å²) in [6.45, 7) is 3.30. The van der Waals surface area contributed by atoms with Gasteiger partial charge in [-0.25, -0.2) is 4.79 Å². The molecule has 6 nitrogen and oxygen atoms in total. The van der Waals surface area contributed by atoms with Crippen LogP contribution < -0.4 is 14.2 Å². The molecule has 1 atom stereocenters. The Morgan fingerprint density at radius 1 is 1.07 bits per heavy atom. The van der Waals surface area contributed by atoms with Gasteiger partial charge in [-0.05, 0) is 66.3 Å². The fraction of sp³-hybridized carbons (Fsp3) is 0.375. The van der Waals surface area contributed by atoms with Crippen LogP contribution in [-0.2, 0) is 24.2 Å². The summed E-state index contributed by atoms with van der Waals surface area (Å²) in [7, 11) is 4.95. The van der Waals surface area contributed by atoms with Crippen molar-refractivity contribution in [2.24, 2.45) is 0 Å². The highest BCUT2D eigenvalue weighted by molar-refractivity contribution is 5.92. The van der Waals surface area contributed by atoms with Gasteiger partial charge in [0.1, 0.15) is 5.75 Å². The number of aliphatic carboxylic acids is 1. The third-order valence-corrected chi connectivity index (χ3v) is 6.22. The normalized spacial score (nSPS) is 18.1. The molecular formula is C24H27NO5. The first kappa shape index (κ1) is 20.3. The summed E-state index contributed by atoms with van der Waals surface area (Å²) in [6.07, 6.45) is 3.52. The molecule has 4 rings (SSSR count). The second-order valence-electron chi connectivity index (χ2n) is 7.80. The van der Waals surface area contributed by atoms with E-state index in [0.717, 1.165) is 48.6 Å². The van der Waals surface area contributed by atoms with Crippen molar-refractivity contribution in [3.8, 4) is 17.2 Å². The number of methoxy groups -OCH3 is 3. The summed E-state index contributed by atoms with van der Waals surface area (Å²) in [5.41, 5.74) is 6.11. The molecule has 0 spiro atoms. The lowest BCUT2D eigenvalue weighted by molar-refractivity contribution is -0.132. The lowest BCUT2D eigenvalue weighted by atomic mass is 9.82. The average Bonchev–Trinajstić information content (AvgIpc) is 2.76. The van der Waals surface area contributed by atoms with E-state index in [9.17, 15) is 9.90 Å². The number of fused-ring (bicyclic) bond motifs is 4. The first-order chi connectivity index (χ1) is 14.5. The Hall–Kier alpha value is -2.99. The molecule has 1 unspecified atom stereocenters. The summed E-state index contributed by atoms with van der Waals surface area (Å²) in [4.78, 5) is 13.9. The first-order valence-electron chi connectivity index (χ1n) is 10.1. The summed E-state index contributed by atoms with van der Waals surface area (Å²) < 4.78 is 16.6. The molecule has 30 heavy (non-hydrogen) atoms. The van der Waals surface area contributed by atoms with Crippen LogP contribution >= 0.6 is 0 Å². The number of ether oxygens (including phenoxy) is 3. The van der Waals surface area contributed by atoms with E-state index in [4.69, 9.17) is 14.2 Å². The van der Waals surface area contributed by atoms with Gasteiger partial charge < -0.3 is 19.3 Å². The van der Waals surface area contributed by atoms with E-state index in [1.807, 2.05) is 6.07 Å². The van der Waals surface area contributed by atoms with Gasteiger partial charge in [0.05, 0.1) is 21.3 Å². The van der Waals surface area contributed by atoms with Gasteiger partial charge >= 0.3 is 5.97 Å². The van der Waals surface area contributed by atoms with Crippen molar-refractivity contribution < 1.29 is 24.1 Å². The quantitative estimate of drug-likeness (QED) is 0.757. The zero-order chi connectivity index (χ0) is 21.4. The molecule has 2 aromatic carbocycles. The monoisotopic (exact) mass is 409 g/mol. The number of carboxylic acid groups (broad SMARTS) is 1. The van der Waals surface area contributed by atoms with Crippen molar-refractivity contribution in [3.05, 3.63) is 57.7 Å². The number of hydrogen-bond donors (Lipinski definition) is 1. The minimum absolute atomic E-state index is 0.256. The van der Waals surface area contributed by atoms with E-state index in [2.05, 4.69) is 23.1 Å². The smallest absolute Gasteiger partial charge is 0.331 e. The predicted molar refractivity (Wildman–Crippen MR) is 114 cm³/mol. The standard InChI is InChI=1S/C24H27NO5/c1-14(24(26)27)9-18-19-13-25-8-7-16-11-22(29-3)23(30-4)12-17(16)20(25)10-15(19)5-6-21(18)28-2/h5-6,9,11-12,20H,7-8,10,13H2,1-4H3,(H,26,27). The van der Waals surface area contributed by atoms with E-state index >= 15 is 0 Å². The maximum absolute atomic E-state index is 11.4. The topological polar surface area (TPSA) is 68.2 Å². The van der Waals surface area contributed by atoms with Crippen LogP contribution in [-0.4, -0.2) is 43.8 Å². The molecule has 158 valence electrons.